The van der Waals surface area contributed by atoms with E-state index in [0.717, 1.165) is 36.8 Å². The highest BCUT2D eigenvalue weighted by Gasteiger charge is 2.35. The number of carboxylic acids is 1. The molecule has 258 valence electrons. The molecule has 0 spiro atoms. The van der Waals surface area contributed by atoms with Crippen molar-refractivity contribution in [2.24, 2.45) is 0 Å². The number of aromatic nitrogens is 3. The van der Waals surface area contributed by atoms with Gasteiger partial charge in [-0.1, -0.05) is 43.4 Å². The quantitative estimate of drug-likeness (QED) is 0.196. The van der Waals surface area contributed by atoms with E-state index < -0.39 is 28.5 Å². The summed E-state index contributed by atoms with van der Waals surface area (Å²) in [6.07, 6.45) is -0.390. The maximum atomic E-state index is 16.0. The molecule has 16 heteroatoms. The van der Waals surface area contributed by atoms with Crippen LogP contribution in [0.2, 0.25) is 5.02 Å². The molecule has 0 radical (unpaired) electrons. The van der Waals surface area contributed by atoms with Gasteiger partial charge in [0.15, 0.2) is 16.8 Å². The molecule has 2 aliphatic heterocycles. The second-order valence-electron chi connectivity index (χ2n) is 11.4. The van der Waals surface area contributed by atoms with E-state index in [0.29, 0.717) is 51.1 Å². The van der Waals surface area contributed by atoms with E-state index in [-0.39, 0.29) is 42.2 Å². The lowest BCUT2D eigenvalue weighted by Crippen LogP contribution is -2.55. The highest BCUT2D eigenvalue weighted by atomic mass is 35.5. The number of carbonyl (C=O) groups is 1. The fourth-order valence-electron chi connectivity index (χ4n) is 6.12. The summed E-state index contributed by atoms with van der Waals surface area (Å²) in [7, 11) is 1.55. The van der Waals surface area contributed by atoms with Gasteiger partial charge in [0.2, 0.25) is 5.82 Å². The number of hydrogen-bond donors (Lipinski definition) is 2. The molecule has 2 fully saturated rings. The largest absolute Gasteiger partial charge is 0.481 e. The fraction of sp³-hybridized carbons (Fsp3) is 0.548. The SMILES string of the molecule is C.CC[C@@H]1CCCN1Cc1sc(Nc2ncnc(N3CCN(CCC(=O)O)[C@H](COC)C3)c2F)nc1-c1ccc(Cl)c(C(F)(F)F)c1. The van der Waals surface area contributed by atoms with Gasteiger partial charge >= 0.3 is 12.1 Å². The van der Waals surface area contributed by atoms with E-state index in [1.807, 2.05) is 4.90 Å². The first-order valence-corrected chi connectivity index (χ1v) is 16.3. The average molecular weight is 702 g/mol. The van der Waals surface area contributed by atoms with Crippen LogP contribution in [0.1, 0.15) is 50.5 Å². The van der Waals surface area contributed by atoms with Gasteiger partial charge in [-0.05, 0) is 37.9 Å². The van der Waals surface area contributed by atoms with Crippen molar-refractivity contribution in [2.75, 3.05) is 56.7 Å². The Labute approximate surface area is 280 Å². The maximum Gasteiger partial charge on any atom is 0.417 e. The molecule has 2 aliphatic rings. The first-order chi connectivity index (χ1) is 22.0. The fourth-order valence-corrected chi connectivity index (χ4v) is 7.35. The molecule has 3 aromatic rings. The number of halogens is 5. The Hall–Kier alpha value is -3.11. The van der Waals surface area contributed by atoms with Gasteiger partial charge in [0, 0.05) is 56.3 Å². The molecule has 2 N–H and O–H groups in total. The molecule has 4 heterocycles. The van der Waals surface area contributed by atoms with E-state index in [1.165, 1.54) is 29.8 Å². The Balaban J connectivity index is 0.00000500. The van der Waals surface area contributed by atoms with E-state index >= 15 is 4.39 Å². The normalized spacial score (nSPS) is 19.2. The zero-order valence-corrected chi connectivity index (χ0v) is 27.1. The Kier molecular flexibility index (Phi) is 12.4. The Bertz CT molecular complexity index is 1530. The predicted molar refractivity (Wildman–Crippen MR) is 175 cm³/mol. The van der Waals surface area contributed by atoms with Crippen LogP contribution in [-0.4, -0.2) is 94.4 Å². The Morgan fingerprint density at radius 2 is 1.98 bits per heavy atom. The summed E-state index contributed by atoms with van der Waals surface area (Å²) in [6, 6.07) is 3.91. The van der Waals surface area contributed by atoms with Gasteiger partial charge in [-0.25, -0.2) is 15.0 Å². The predicted octanol–water partition coefficient (Wildman–Crippen LogP) is 6.78. The second kappa shape index (κ2) is 15.9. The number of thiazole rings is 1. The number of aliphatic carboxylic acids is 1. The number of alkyl halides is 3. The Morgan fingerprint density at radius 1 is 1.19 bits per heavy atom. The van der Waals surface area contributed by atoms with Crippen LogP contribution < -0.4 is 10.2 Å². The molecule has 0 unspecified atom stereocenters. The maximum absolute atomic E-state index is 16.0. The number of carboxylic acid groups (broad SMARTS) is 1. The van der Waals surface area contributed by atoms with Crippen LogP contribution in [0.5, 0.6) is 0 Å². The number of hydrogen-bond acceptors (Lipinski definition) is 10. The van der Waals surface area contributed by atoms with Gasteiger partial charge in [-0.3, -0.25) is 14.6 Å². The van der Waals surface area contributed by atoms with Crippen LogP contribution in [0.4, 0.5) is 34.3 Å². The van der Waals surface area contributed by atoms with Crippen molar-refractivity contribution in [1.82, 2.24) is 24.8 Å². The van der Waals surface area contributed by atoms with Crippen molar-refractivity contribution in [3.8, 4) is 11.3 Å². The molecular weight excluding hydrogens is 662 g/mol. The summed E-state index contributed by atoms with van der Waals surface area (Å²) in [6.45, 7) is 5.40. The number of benzene rings is 1. The lowest BCUT2D eigenvalue weighted by atomic mass is 10.1. The number of piperazine rings is 1. The highest BCUT2D eigenvalue weighted by molar-refractivity contribution is 7.16. The molecule has 47 heavy (non-hydrogen) atoms. The smallest absolute Gasteiger partial charge is 0.417 e. The van der Waals surface area contributed by atoms with Crippen molar-refractivity contribution in [1.29, 1.82) is 0 Å². The number of likely N-dealkylation sites (tertiary alicyclic amines) is 1. The van der Waals surface area contributed by atoms with Crippen LogP contribution >= 0.6 is 22.9 Å². The van der Waals surface area contributed by atoms with Crippen molar-refractivity contribution in [3.63, 3.8) is 0 Å². The molecule has 2 atom stereocenters. The van der Waals surface area contributed by atoms with Crippen molar-refractivity contribution in [3.05, 3.63) is 45.8 Å². The number of rotatable bonds is 12. The third kappa shape index (κ3) is 8.68. The topological polar surface area (TPSA) is 107 Å². The first-order valence-electron chi connectivity index (χ1n) is 15.1. The van der Waals surface area contributed by atoms with Crippen LogP contribution in [0.15, 0.2) is 24.5 Å². The molecule has 0 bridgehead atoms. The monoisotopic (exact) mass is 701 g/mol. The van der Waals surface area contributed by atoms with Gasteiger partial charge in [-0.2, -0.15) is 17.6 Å². The van der Waals surface area contributed by atoms with Gasteiger partial charge in [0.05, 0.1) is 35.3 Å². The van der Waals surface area contributed by atoms with E-state index in [9.17, 15) is 18.0 Å². The zero-order valence-electron chi connectivity index (χ0n) is 25.5. The lowest BCUT2D eigenvalue weighted by molar-refractivity contribution is -0.138. The molecule has 2 aromatic heterocycles. The van der Waals surface area contributed by atoms with Crippen LogP contribution in [0, 0.1) is 5.82 Å². The van der Waals surface area contributed by atoms with Gasteiger partial charge < -0.3 is 20.1 Å². The molecule has 10 nitrogen and oxygen atoms in total. The molecule has 2 saturated heterocycles. The van der Waals surface area contributed by atoms with Crippen LogP contribution in [-0.2, 0) is 22.3 Å². The first kappa shape index (κ1) is 36.7. The third-order valence-corrected chi connectivity index (χ3v) is 9.72. The molecule has 0 saturated carbocycles. The van der Waals surface area contributed by atoms with Gasteiger partial charge in [-0.15, -0.1) is 0 Å². The van der Waals surface area contributed by atoms with Crippen LogP contribution in [0.25, 0.3) is 11.3 Å². The van der Waals surface area contributed by atoms with Crippen molar-refractivity contribution < 1.29 is 32.2 Å². The van der Waals surface area contributed by atoms with Crippen LogP contribution in [0.3, 0.4) is 0 Å². The minimum atomic E-state index is -4.64. The van der Waals surface area contributed by atoms with Gasteiger partial charge in [0.25, 0.3) is 0 Å². The second-order valence-corrected chi connectivity index (χ2v) is 12.9. The minimum absolute atomic E-state index is 0. The van der Waals surface area contributed by atoms with Crippen molar-refractivity contribution >= 4 is 45.7 Å². The van der Waals surface area contributed by atoms with E-state index in [2.05, 4.69) is 32.1 Å². The molecule has 0 aliphatic carbocycles. The summed E-state index contributed by atoms with van der Waals surface area (Å²) in [4.78, 5) is 30.9. The summed E-state index contributed by atoms with van der Waals surface area (Å²) in [5.41, 5.74) is -0.322. The number of methoxy groups -OCH3 is 1. The molecular formula is C31H40ClF4N7O3S. The summed E-state index contributed by atoms with van der Waals surface area (Å²) in [5.74, 6) is -1.64. The van der Waals surface area contributed by atoms with Crippen molar-refractivity contribution in [2.45, 2.75) is 64.8 Å². The summed E-state index contributed by atoms with van der Waals surface area (Å²) in [5, 5.41) is 11.9. The minimum Gasteiger partial charge on any atom is -0.481 e. The summed E-state index contributed by atoms with van der Waals surface area (Å²) < 4.78 is 62.5. The highest BCUT2D eigenvalue weighted by Crippen LogP contribution is 2.41. The number of nitrogens with zero attached hydrogens (tertiary/aromatic N) is 6. The molecule has 5 rings (SSSR count). The molecule has 0 amide bonds. The zero-order chi connectivity index (χ0) is 33.0. The number of ether oxygens (including phenoxy) is 1. The number of nitrogens with one attached hydrogen (secondary N) is 1. The average Bonchev–Trinajstić information content (AvgIpc) is 3.64. The van der Waals surface area contributed by atoms with E-state index in [1.54, 1.807) is 12.0 Å². The molecule has 1 aromatic carbocycles. The Morgan fingerprint density at radius 3 is 2.68 bits per heavy atom. The summed E-state index contributed by atoms with van der Waals surface area (Å²) >= 11 is 7.14. The lowest BCUT2D eigenvalue weighted by Gasteiger charge is -2.41. The van der Waals surface area contributed by atoms with E-state index in [4.69, 9.17) is 21.4 Å². The third-order valence-electron chi connectivity index (χ3n) is 8.43. The number of anilines is 3. The standard InChI is InChI=1S/C30H36ClF4N7O3S.CH4/c1-3-19-5-4-9-41(19)15-23-26(18-6-7-22(31)21(13-18)30(33,34)35)38-29(46-23)39-27-25(32)28(37-17-36-27)42-12-11-40(10-8-24(43)44)20(14-42)16-45-2;/h6-7,13,17,19-20H,3-5,8-12,14-16H2,1-2H3,(H,43,44)(H,36,37,38,39);1H4/t19-,20+;/m1./s1. The van der Waals surface area contributed by atoms with Gasteiger partial charge in [0.1, 0.15) is 6.33 Å².